The topological polar surface area (TPSA) is 65.1 Å². The minimum absolute atomic E-state index is 0.142. The van der Waals surface area contributed by atoms with E-state index in [1.807, 2.05) is 28.9 Å². The zero-order valence-corrected chi connectivity index (χ0v) is 14.2. The van der Waals surface area contributed by atoms with Crippen LogP contribution in [0.1, 0.15) is 17.3 Å². The second-order valence-electron chi connectivity index (χ2n) is 4.24. The summed E-state index contributed by atoms with van der Waals surface area (Å²) in [6, 6.07) is 7.88. The van der Waals surface area contributed by atoms with E-state index in [0.29, 0.717) is 13.2 Å². The normalized spacial score (nSPS) is 12.6. The third-order valence-corrected chi connectivity index (χ3v) is 4.12. The molecule has 0 spiro atoms. The summed E-state index contributed by atoms with van der Waals surface area (Å²) in [4.78, 5) is 0. The molecule has 1 atom stereocenters. The molecule has 7 heteroatoms. The van der Waals surface area contributed by atoms with E-state index in [2.05, 4.69) is 42.4 Å². The van der Waals surface area contributed by atoms with Gasteiger partial charge in [-0.25, -0.2) is 5.43 Å². The molecule has 3 N–H and O–H groups in total. The molecule has 0 saturated heterocycles. The Bertz CT molecular complexity index is 556. The van der Waals surface area contributed by atoms with Crippen molar-refractivity contribution < 1.29 is 4.74 Å². The molecule has 108 valence electrons. The van der Waals surface area contributed by atoms with Gasteiger partial charge < -0.3 is 4.74 Å². The van der Waals surface area contributed by atoms with Gasteiger partial charge in [0.05, 0.1) is 35.6 Å². The van der Waals surface area contributed by atoms with Crippen LogP contribution in [-0.4, -0.2) is 23.5 Å². The lowest BCUT2D eigenvalue weighted by atomic mass is 10.0. The highest BCUT2D eigenvalue weighted by molar-refractivity contribution is 9.10. The maximum absolute atomic E-state index is 5.75. The van der Waals surface area contributed by atoms with Crippen LogP contribution in [0.25, 0.3) is 0 Å². The Hall–Kier alpha value is -0.730. The Morgan fingerprint density at radius 2 is 2.05 bits per heavy atom. The quantitative estimate of drug-likeness (QED) is 0.574. The van der Waals surface area contributed by atoms with Crippen molar-refractivity contribution in [2.24, 2.45) is 5.84 Å². The number of hydrogen-bond acceptors (Lipinski definition) is 4. The van der Waals surface area contributed by atoms with E-state index in [0.717, 1.165) is 20.2 Å². The van der Waals surface area contributed by atoms with Crippen LogP contribution in [0.2, 0.25) is 0 Å². The van der Waals surface area contributed by atoms with Gasteiger partial charge in [0, 0.05) is 11.6 Å². The van der Waals surface area contributed by atoms with E-state index in [4.69, 9.17) is 10.6 Å². The molecule has 0 fully saturated rings. The minimum atomic E-state index is -0.142. The van der Waals surface area contributed by atoms with Crippen molar-refractivity contribution in [1.29, 1.82) is 0 Å². The predicted octanol–water partition coefficient (Wildman–Crippen LogP) is 2.61. The first-order valence-corrected chi connectivity index (χ1v) is 7.67. The van der Waals surface area contributed by atoms with E-state index in [1.54, 1.807) is 13.3 Å². The van der Waals surface area contributed by atoms with Gasteiger partial charge in [-0.05, 0) is 33.6 Å². The first-order valence-electron chi connectivity index (χ1n) is 6.09. The van der Waals surface area contributed by atoms with Gasteiger partial charge >= 0.3 is 0 Å². The van der Waals surface area contributed by atoms with Crippen LogP contribution >= 0.6 is 31.9 Å². The molecule has 1 unspecified atom stereocenters. The van der Waals surface area contributed by atoms with Crippen molar-refractivity contribution >= 4 is 31.9 Å². The molecule has 1 aromatic heterocycles. The summed E-state index contributed by atoms with van der Waals surface area (Å²) in [5.74, 6) is 5.75. The van der Waals surface area contributed by atoms with Crippen molar-refractivity contribution in [3.8, 4) is 0 Å². The lowest BCUT2D eigenvalue weighted by molar-refractivity contribution is 0.182. The molecule has 0 aliphatic rings. The largest absolute Gasteiger partial charge is 0.383 e. The van der Waals surface area contributed by atoms with Gasteiger partial charge in [0.2, 0.25) is 0 Å². The fraction of sp³-hybridized carbons (Fsp3) is 0.308. The highest BCUT2D eigenvalue weighted by Gasteiger charge is 2.20. The Labute approximate surface area is 134 Å². The monoisotopic (exact) mass is 402 g/mol. The number of rotatable bonds is 6. The zero-order chi connectivity index (χ0) is 14.5. The number of benzene rings is 1. The van der Waals surface area contributed by atoms with Gasteiger partial charge in [0.15, 0.2) is 0 Å². The minimum Gasteiger partial charge on any atom is -0.383 e. The summed E-state index contributed by atoms with van der Waals surface area (Å²) in [7, 11) is 1.67. The standard InChI is InChI=1S/C13H16Br2N4O/c1-20-7-6-19-13(11(15)8-17-19)12(18-16)9-2-4-10(14)5-3-9/h2-5,8,12,18H,6-7,16H2,1H3. The number of hydrogen-bond donors (Lipinski definition) is 2. The van der Waals surface area contributed by atoms with Gasteiger partial charge in [0.1, 0.15) is 0 Å². The highest BCUT2D eigenvalue weighted by Crippen LogP contribution is 2.28. The third kappa shape index (κ3) is 3.48. The summed E-state index contributed by atoms with van der Waals surface area (Å²) in [5.41, 5.74) is 4.89. The summed E-state index contributed by atoms with van der Waals surface area (Å²) >= 11 is 6.97. The average Bonchev–Trinajstić information content (AvgIpc) is 2.81. The second-order valence-corrected chi connectivity index (χ2v) is 6.01. The molecule has 0 aliphatic carbocycles. The number of nitrogens with two attached hydrogens (primary N) is 1. The lowest BCUT2D eigenvalue weighted by Crippen LogP contribution is -2.31. The molecule has 2 aromatic rings. The van der Waals surface area contributed by atoms with E-state index in [9.17, 15) is 0 Å². The second kappa shape index (κ2) is 7.33. The van der Waals surface area contributed by atoms with Gasteiger partial charge in [-0.2, -0.15) is 5.10 Å². The Balaban J connectivity index is 2.35. The number of hydrazine groups is 1. The van der Waals surface area contributed by atoms with E-state index < -0.39 is 0 Å². The Kier molecular flexibility index (Phi) is 5.74. The van der Waals surface area contributed by atoms with Crippen molar-refractivity contribution in [2.45, 2.75) is 12.6 Å². The van der Waals surface area contributed by atoms with Gasteiger partial charge in [-0.15, -0.1) is 0 Å². The fourth-order valence-corrected chi connectivity index (χ4v) is 2.79. The number of ether oxygens (including phenoxy) is 1. The van der Waals surface area contributed by atoms with E-state index in [-0.39, 0.29) is 6.04 Å². The molecule has 0 aliphatic heterocycles. The molecule has 20 heavy (non-hydrogen) atoms. The molecule has 0 radical (unpaired) electrons. The van der Waals surface area contributed by atoms with Crippen molar-refractivity contribution in [3.63, 3.8) is 0 Å². The molecule has 2 rings (SSSR count). The number of nitrogens with zero attached hydrogens (tertiary/aromatic N) is 2. The number of nitrogens with one attached hydrogen (secondary N) is 1. The van der Waals surface area contributed by atoms with Crippen LogP contribution in [0, 0.1) is 0 Å². The molecular formula is C13H16Br2N4O. The maximum Gasteiger partial charge on any atom is 0.0889 e. The third-order valence-electron chi connectivity index (χ3n) is 2.98. The van der Waals surface area contributed by atoms with Crippen LogP contribution in [0.5, 0.6) is 0 Å². The molecule has 5 nitrogen and oxygen atoms in total. The molecule has 0 saturated carbocycles. The first kappa shape index (κ1) is 15.7. The number of aromatic nitrogens is 2. The fourth-order valence-electron chi connectivity index (χ4n) is 2.00. The lowest BCUT2D eigenvalue weighted by Gasteiger charge is -2.19. The SMILES string of the molecule is COCCn1ncc(Br)c1C(NN)c1ccc(Br)cc1. The van der Waals surface area contributed by atoms with Crippen molar-refractivity contribution in [2.75, 3.05) is 13.7 Å². The first-order chi connectivity index (χ1) is 9.67. The van der Waals surface area contributed by atoms with Crippen molar-refractivity contribution in [3.05, 3.63) is 50.7 Å². The van der Waals surface area contributed by atoms with Gasteiger partial charge in [-0.1, -0.05) is 28.1 Å². The van der Waals surface area contributed by atoms with Crippen LogP contribution in [0.4, 0.5) is 0 Å². The summed E-state index contributed by atoms with van der Waals surface area (Å²) in [6.07, 6.45) is 1.77. The molecule has 0 bridgehead atoms. The maximum atomic E-state index is 5.75. The Morgan fingerprint density at radius 3 is 2.65 bits per heavy atom. The van der Waals surface area contributed by atoms with Gasteiger partial charge in [-0.3, -0.25) is 10.5 Å². The van der Waals surface area contributed by atoms with Gasteiger partial charge in [0.25, 0.3) is 0 Å². The van der Waals surface area contributed by atoms with Crippen LogP contribution in [0.15, 0.2) is 39.4 Å². The smallest absolute Gasteiger partial charge is 0.0889 e. The molecular weight excluding hydrogens is 388 g/mol. The highest BCUT2D eigenvalue weighted by atomic mass is 79.9. The van der Waals surface area contributed by atoms with Crippen LogP contribution in [-0.2, 0) is 11.3 Å². The predicted molar refractivity (Wildman–Crippen MR) is 85.1 cm³/mol. The zero-order valence-electron chi connectivity index (χ0n) is 11.0. The van der Waals surface area contributed by atoms with E-state index in [1.165, 1.54) is 0 Å². The molecule has 1 heterocycles. The van der Waals surface area contributed by atoms with Crippen molar-refractivity contribution in [1.82, 2.24) is 15.2 Å². The summed E-state index contributed by atoms with van der Waals surface area (Å²) < 4.78 is 8.95. The van der Waals surface area contributed by atoms with Crippen LogP contribution in [0.3, 0.4) is 0 Å². The van der Waals surface area contributed by atoms with E-state index >= 15 is 0 Å². The molecule has 0 amide bonds. The summed E-state index contributed by atoms with van der Waals surface area (Å²) in [6.45, 7) is 1.27. The summed E-state index contributed by atoms with van der Waals surface area (Å²) in [5, 5.41) is 4.35. The number of halogens is 2. The Morgan fingerprint density at radius 1 is 1.35 bits per heavy atom. The molecule has 1 aromatic carbocycles. The average molecular weight is 404 g/mol. The number of methoxy groups -OCH3 is 1. The van der Waals surface area contributed by atoms with Crippen LogP contribution < -0.4 is 11.3 Å².